The predicted octanol–water partition coefficient (Wildman–Crippen LogP) is 4.99. The second-order valence-electron chi connectivity index (χ2n) is 11.8. The molecule has 3 atom stereocenters. The quantitative estimate of drug-likeness (QED) is 0.293. The molecule has 236 valence electrons. The molecule has 2 heterocycles. The molecule has 2 aromatic carbocycles. The number of rotatable bonds is 12. The Morgan fingerprint density at radius 1 is 1.00 bits per heavy atom. The highest BCUT2D eigenvalue weighted by molar-refractivity contribution is 6.20. The van der Waals surface area contributed by atoms with Crippen LogP contribution in [0, 0.1) is 23.6 Å². The normalized spacial score (nSPS) is 20.1. The van der Waals surface area contributed by atoms with Crippen LogP contribution in [0.3, 0.4) is 0 Å². The standard InChI is InChI=1S/C32H37F4N5O3/c33-25-12-6-10-23-26(21-8-2-1-3-9-21)38-28(31(44)39-27(23)25)40-30(43)22(11-7-15-32(34,35)36)24(18-20-13-14-20)29(42)37-19-41-16-4-5-17-41/h1-3,6,8-10,12,20,22,24,28H,4-5,7,11,13-19H2,(H,37,42)(H,39,44)(H,40,43)/t22-,24+,28-/m1/s1. The van der Waals surface area contributed by atoms with Crippen LogP contribution in [0.5, 0.6) is 0 Å². The number of anilines is 1. The number of hydrogen-bond acceptors (Lipinski definition) is 5. The van der Waals surface area contributed by atoms with Gasteiger partial charge in [0.15, 0.2) is 0 Å². The first-order chi connectivity index (χ1) is 21.1. The van der Waals surface area contributed by atoms with Gasteiger partial charge in [0.25, 0.3) is 5.91 Å². The fourth-order valence-electron chi connectivity index (χ4n) is 5.93. The first-order valence-corrected chi connectivity index (χ1v) is 15.2. The van der Waals surface area contributed by atoms with Crippen LogP contribution in [-0.2, 0) is 14.4 Å². The first kappa shape index (κ1) is 31.6. The zero-order chi connectivity index (χ0) is 31.3. The fraction of sp³-hybridized carbons (Fsp3) is 0.500. The fourth-order valence-corrected chi connectivity index (χ4v) is 5.93. The third-order valence-corrected chi connectivity index (χ3v) is 8.44. The van der Waals surface area contributed by atoms with Gasteiger partial charge in [-0.15, -0.1) is 0 Å². The Morgan fingerprint density at radius 2 is 1.73 bits per heavy atom. The summed E-state index contributed by atoms with van der Waals surface area (Å²) in [5, 5.41) is 8.03. The maximum absolute atomic E-state index is 14.9. The number of benzene rings is 2. The number of nitrogens with zero attached hydrogens (tertiary/aromatic N) is 2. The summed E-state index contributed by atoms with van der Waals surface area (Å²) in [6, 6.07) is 13.0. The first-order valence-electron chi connectivity index (χ1n) is 15.2. The minimum Gasteiger partial charge on any atom is -0.343 e. The Balaban J connectivity index is 1.42. The highest BCUT2D eigenvalue weighted by Gasteiger charge is 2.40. The number of fused-ring (bicyclic) bond motifs is 1. The minimum absolute atomic E-state index is 0.0912. The molecule has 0 aromatic heterocycles. The molecule has 0 spiro atoms. The number of alkyl halides is 3. The van der Waals surface area contributed by atoms with Gasteiger partial charge in [-0.3, -0.25) is 19.3 Å². The molecule has 12 heteroatoms. The maximum Gasteiger partial charge on any atom is 0.389 e. The predicted molar refractivity (Wildman–Crippen MR) is 157 cm³/mol. The summed E-state index contributed by atoms with van der Waals surface area (Å²) >= 11 is 0. The molecule has 5 rings (SSSR count). The molecule has 3 aliphatic rings. The van der Waals surface area contributed by atoms with Crippen molar-refractivity contribution in [3.63, 3.8) is 0 Å². The van der Waals surface area contributed by atoms with E-state index in [4.69, 9.17) is 0 Å². The molecule has 8 nitrogen and oxygen atoms in total. The number of hydrogen-bond donors (Lipinski definition) is 3. The summed E-state index contributed by atoms with van der Waals surface area (Å²) in [4.78, 5) is 47.4. The van der Waals surface area contributed by atoms with Crippen LogP contribution in [0.2, 0.25) is 0 Å². The summed E-state index contributed by atoms with van der Waals surface area (Å²) < 4.78 is 54.3. The number of aliphatic imine (C=N–C) groups is 1. The third kappa shape index (κ3) is 8.22. The molecule has 1 saturated heterocycles. The molecule has 0 bridgehead atoms. The molecule has 2 fully saturated rings. The van der Waals surface area contributed by atoms with Gasteiger partial charge in [0.05, 0.1) is 18.1 Å². The van der Waals surface area contributed by atoms with Gasteiger partial charge < -0.3 is 16.0 Å². The van der Waals surface area contributed by atoms with Gasteiger partial charge in [0.1, 0.15) is 5.82 Å². The number of halogens is 4. The smallest absolute Gasteiger partial charge is 0.343 e. The molecule has 44 heavy (non-hydrogen) atoms. The molecule has 1 saturated carbocycles. The van der Waals surface area contributed by atoms with E-state index in [0.717, 1.165) is 38.8 Å². The highest BCUT2D eigenvalue weighted by atomic mass is 19.4. The lowest BCUT2D eigenvalue weighted by Crippen LogP contribution is -2.49. The van der Waals surface area contributed by atoms with Gasteiger partial charge >= 0.3 is 6.18 Å². The van der Waals surface area contributed by atoms with Crippen molar-refractivity contribution in [3.8, 4) is 0 Å². The van der Waals surface area contributed by atoms with E-state index < -0.39 is 48.2 Å². The Bertz CT molecular complexity index is 1370. The number of para-hydroxylation sites is 1. The summed E-state index contributed by atoms with van der Waals surface area (Å²) in [6.07, 6.45) is -3.41. The van der Waals surface area contributed by atoms with Crippen molar-refractivity contribution < 1.29 is 31.9 Å². The monoisotopic (exact) mass is 615 g/mol. The molecule has 0 radical (unpaired) electrons. The summed E-state index contributed by atoms with van der Waals surface area (Å²) in [6.45, 7) is 1.98. The average Bonchev–Trinajstić information content (AvgIpc) is 3.69. The molecule has 2 aliphatic heterocycles. The minimum atomic E-state index is -4.42. The average molecular weight is 616 g/mol. The highest BCUT2D eigenvalue weighted by Crippen LogP contribution is 2.39. The largest absolute Gasteiger partial charge is 0.389 e. The van der Waals surface area contributed by atoms with Crippen LogP contribution in [0.15, 0.2) is 53.5 Å². The Labute approximate surface area is 253 Å². The lowest BCUT2D eigenvalue weighted by molar-refractivity contribution is -0.141. The number of carbonyl (C=O) groups is 3. The molecule has 1 aliphatic carbocycles. The zero-order valence-electron chi connectivity index (χ0n) is 24.3. The van der Waals surface area contributed by atoms with E-state index in [1.807, 2.05) is 0 Å². The van der Waals surface area contributed by atoms with Crippen LogP contribution in [0.1, 0.15) is 62.5 Å². The topological polar surface area (TPSA) is 103 Å². The van der Waals surface area contributed by atoms with Crippen molar-refractivity contribution in [2.24, 2.45) is 22.7 Å². The second kappa shape index (κ2) is 13.9. The summed E-state index contributed by atoms with van der Waals surface area (Å²) in [5.74, 6) is -4.41. The van der Waals surface area contributed by atoms with E-state index in [2.05, 4.69) is 25.8 Å². The lowest BCUT2D eigenvalue weighted by atomic mass is 9.82. The van der Waals surface area contributed by atoms with Crippen molar-refractivity contribution in [1.82, 2.24) is 15.5 Å². The van der Waals surface area contributed by atoms with E-state index in [0.29, 0.717) is 24.2 Å². The molecular formula is C32H37F4N5O3. The number of carbonyl (C=O) groups excluding carboxylic acids is 3. The van der Waals surface area contributed by atoms with E-state index in [-0.39, 0.29) is 36.1 Å². The van der Waals surface area contributed by atoms with Crippen LogP contribution >= 0.6 is 0 Å². The number of nitrogens with one attached hydrogen (secondary N) is 3. The molecular weight excluding hydrogens is 578 g/mol. The van der Waals surface area contributed by atoms with E-state index in [9.17, 15) is 31.9 Å². The van der Waals surface area contributed by atoms with E-state index in [1.54, 1.807) is 36.4 Å². The molecule has 2 aromatic rings. The molecule has 3 N–H and O–H groups in total. The third-order valence-electron chi connectivity index (χ3n) is 8.44. The van der Waals surface area contributed by atoms with Gasteiger partial charge in [-0.05, 0) is 57.2 Å². The van der Waals surface area contributed by atoms with Crippen molar-refractivity contribution in [2.75, 3.05) is 25.1 Å². The van der Waals surface area contributed by atoms with E-state index in [1.165, 1.54) is 12.1 Å². The Morgan fingerprint density at radius 3 is 2.41 bits per heavy atom. The molecule has 0 unspecified atom stereocenters. The van der Waals surface area contributed by atoms with Crippen molar-refractivity contribution in [2.45, 2.75) is 63.7 Å². The zero-order valence-corrected chi connectivity index (χ0v) is 24.3. The number of likely N-dealkylation sites (tertiary alicyclic amines) is 1. The maximum atomic E-state index is 14.9. The van der Waals surface area contributed by atoms with Gasteiger partial charge in [-0.1, -0.05) is 55.3 Å². The number of benzodiazepines with no additional fused rings is 1. The van der Waals surface area contributed by atoms with Crippen molar-refractivity contribution in [3.05, 3.63) is 65.5 Å². The number of amides is 3. The van der Waals surface area contributed by atoms with Gasteiger partial charge in [0.2, 0.25) is 18.0 Å². The molecule has 3 amide bonds. The van der Waals surface area contributed by atoms with Crippen LogP contribution in [0.25, 0.3) is 0 Å². The SMILES string of the molecule is O=C1Nc2c(F)cccc2C(c2ccccc2)=N[C@@H]1NC(=O)[C@H](CCCC(F)(F)F)[C@H](CC1CC1)C(=O)NCN1CCCC1. The van der Waals surface area contributed by atoms with Gasteiger partial charge in [0, 0.05) is 29.4 Å². The van der Waals surface area contributed by atoms with Crippen molar-refractivity contribution >= 4 is 29.1 Å². The summed E-state index contributed by atoms with van der Waals surface area (Å²) in [5.41, 5.74) is 1.06. The van der Waals surface area contributed by atoms with Crippen LogP contribution in [0.4, 0.5) is 23.2 Å². The van der Waals surface area contributed by atoms with Gasteiger partial charge in [-0.2, -0.15) is 13.2 Å². The van der Waals surface area contributed by atoms with Crippen LogP contribution < -0.4 is 16.0 Å². The van der Waals surface area contributed by atoms with E-state index >= 15 is 0 Å². The second-order valence-corrected chi connectivity index (χ2v) is 11.8. The Hall–Kier alpha value is -3.80. The summed E-state index contributed by atoms with van der Waals surface area (Å²) in [7, 11) is 0. The van der Waals surface area contributed by atoms with Crippen LogP contribution in [-0.4, -0.2) is 60.4 Å². The lowest BCUT2D eigenvalue weighted by Gasteiger charge is -2.28. The van der Waals surface area contributed by atoms with Gasteiger partial charge in [-0.25, -0.2) is 9.38 Å². The van der Waals surface area contributed by atoms with Crippen molar-refractivity contribution in [1.29, 1.82) is 0 Å². The Kier molecular flexibility index (Phi) is 9.97.